The molecule has 2 aromatic rings. The zero-order valence-electron chi connectivity index (χ0n) is 11.9. The van der Waals surface area contributed by atoms with Gasteiger partial charge in [-0.25, -0.2) is 4.39 Å². The van der Waals surface area contributed by atoms with Gasteiger partial charge in [0, 0.05) is 0 Å². The van der Waals surface area contributed by atoms with E-state index in [1.54, 1.807) is 12.1 Å². The number of ether oxygens (including phenoxy) is 1. The molecule has 0 unspecified atom stereocenters. The monoisotopic (exact) mass is 258 g/mol. The fourth-order valence-electron chi connectivity index (χ4n) is 2.31. The number of hydrogen-bond donors (Lipinski definition) is 0. The van der Waals surface area contributed by atoms with Crippen molar-refractivity contribution < 1.29 is 9.13 Å². The molecule has 100 valence electrons. The molecule has 2 rings (SSSR count). The van der Waals surface area contributed by atoms with Gasteiger partial charge in [0.25, 0.3) is 0 Å². The van der Waals surface area contributed by atoms with Crippen molar-refractivity contribution in [3.05, 3.63) is 64.0 Å². The third-order valence-corrected chi connectivity index (χ3v) is 3.30. The minimum Gasteiger partial charge on any atom is -0.486 e. The molecule has 0 aliphatic carbocycles. The van der Waals surface area contributed by atoms with Crippen LogP contribution in [0, 0.1) is 33.5 Å². The highest BCUT2D eigenvalue weighted by Crippen LogP contribution is 2.22. The molecule has 0 saturated carbocycles. The van der Waals surface area contributed by atoms with E-state index in [-0.39, 0.29) is 5.82 Å². The van der Waals surface area contributed by atoms with E-state index < -0.39 is 0 Å². The van der Waals surface area contributed by atoms with Crippen LogP contribution >= 0.6 is 0 Å². The van der Waals surface area contributed by atoms with Crippen LogP contribution in [0.2, 0.25) is 0 Å². The summed E-state index contributed by atoms with van der Waals surface area (Å²) >= 11 is 0. The van der Waals surface area contributed by atoms with Crippen LogP contribution in [0.25, 0.3) is 0 Å². The Morgan fingerprint density at radius 3 is 2.16 bits per heavy atom. The van der Waals surface area contributed by atoms with Gasteiger partial charge in [0.05, 0.1) is 0 Å². The van der Waals surface area contributed by atoms with Gasteiger partial charge in [-0.3, -0.25) is 0 Å². The zero-order chi connectivity index (χ0) is 14.0. The Morgan fingerprint density at radius 1 is 0.895 bits per heavy atom. The summed E-state index contributed by atoms with van der Waals surface area (Å²) < 4.78 is 19.2. The molecule has 0 spiro atoms. The fraction of sp³-hybridized carbons (Fsp3) is 0.294. The molecule has 2 aromatic carbocycles. The number of hydrogen-bond acceptors (Lipinski definition) is 1. The van der Waals surface area contributed by atoms with Crippen LogP contribution in [0.5, 0.6) is 5.75 Å². The summed E-state index contributed by atoms with van der Waals surface area (Å²) in [5, 5.41) is 0. The standard InChI is InChI=1S/C17H19FO/c1-11-5-6-16(18)17(9-11)19-10-15-13(3)7-12(2)8-14(15)4/h5-9H,10H2,1-4H3. The second-order valence-electron chi connectivity index (χ2n) is 5.10. The highest BCUT2D eigenvalue weighted by Gasteiger charge is 2.07. The smallest absolute Gasteiger partial charge is 0.165 e. The maximum Gasteiger partial charge on any atom is 0.165 e. The molecule has 0 fully saturated rings. The first-order valence-corrected chi connectivity index (χ1v) is 6.43. The average Bonchev–Trinajstić information content (AvgIpc) is 2.32. The summed E-state index contributed by atoms with van der Waals surface area (Å²) in [7, 11) is 0. The summed E-state index contributed by atoms with van der Waals surface area (Å²) in [4.78, 5) is 0. The van der Waals surface area contributed by atoms with E-state index in [2.05, 4.69) is 32.9 Å². The highest BCUT2D eigenvalue weighted by molar-refractivity contribution is 5.38. The lowest BCUT2D eigenvalue weighted by molar-refractivity contribution is 0.288. The van der Waals surface area contributed by atoms with Gasteiger partial charge in [-0.2, -0.15) is 0 Å². The Bertz CT molecular complexity index is 579. The van der Waals surface area contributed by atoms with Gasteiger partial charge in [-0.05, 0) is 62.1 Å². The molecule has 0 aromatic heterocycles. The summed E-state index contributed by atoms with van der Waals surface area (Å²) in [5.74, 6) is 0.00685. The first-order chi connectivity index (χ1) is 8.97. The Balaban J connectivity index is 2.21. The van der Waals surface area contributed by atoms with E-state index in [1.807, 2.05) is 6.92 Å². The maximum atomic E-state index is 13.6. The Labute approximate surface area is 114 Å². The van der Waals surface area contributed by atoms with Crippen LogP contribution in [0.3, 0.4) is 0 Å². The van der Waals surface area contributed by atoms with Crippen LogP contribution < -0.4 is 4.74 Å². The van der Waals surface area contributed by atoms with Gasteiger partial charge in [-0.1, -0.05) is 23.8 Å². The molecular formula is C17H19FO. The fourth-order valence-corrected chi connectivity index (χ4v) is 2.31. The van der Waals surface area contributed by atoms with E-state index in [4.69, 9.17) is 4.74 Å². The molecule has 0 aliphatic rings. The topological polar surface area (TPSA) is 9.23 Å². The molecule has 0 N–H and O–H groups in total. The number of benzene rings is 2. The lowest BCUT2D eigenvalue weighted by Crippen LogP contribution is -2.02. The Morgan fingerprint density at radius 2 is 1.53 bits per heavy atom. The number of rotatable bonds is 3. The van der Waals surface area contributed by atoms with Crippen LogP contribution in [-0.2, 0) is 6.61 Å². The lowest BCUT2D eigenvalue weighted by Gasteiger charge is -2.13. The molecule has 0 aliphatic heterocycles. The quantitative estimate of drug-likeness (QED) is 0.779. The molecule has 0 heterocycles. The lowest BCUT2D eigenvalue weighted by atomic mass is 10.0. The van der Waals surface area contributed by atoms with E-state index in [1.165, 1.54) is 22.8 Å². The summed E-state index contributed by atoms with van der Waals surface area (Å²) in [5.41, 5.74) is 5.73. The predicted octanol–water partition coefficient (Wildman–Crippen LogP) is 4.64. The van der Waals surface area contributed by atoms with Crippen molar-refractivity contribution in [1.82, 2.24) is 0 Å². The van der Waals surface area contributed by atoms with Gasteiger partial charge in [0.2, 0.25) is 0 Å². The van der Waals surface area contributed by atoms with Gasteiger partial charge in [0.15, 0.2) is 11.6 Å². The number of halogens is 1. The molecular weight excluding hydrogens is 239 g/mol. The second kappa shape index (κ2) is 5.43. The summed E-state index contributed by atoms with van der Waals surface area (Å²) in [6.45, 7) is 8.52. The SMILES string of the molecule is Cc1cc(C)c(COc2cc(C)ccc2F)c(C)c1. The third-order valence-electron chi connectivity index (χ3n) is 3.30. The van der Waals surface area contributed by atoms with E-state index >= 15 is 0 Å². The van der Waals surface area contributed by atoms with Crippen LogP contribution in [0.1, 0.15) is 27.8 Å². The van der Waals surface area contributed by atoms with Crippen LogP contribution in [-0.4, -0.2) is 0 Å². The second-order valence-corrected chi connectivity index (χ2v) is 5.10. The third kappa shape index (κ3) is 3.14. The van der Waals surface area contributed by atoms with E-state index in [0.717, 1.165) is 11.1 Å². The van der Waals surface area contributed by atoms with Crippen molar-refractivity contribution in [3.63, 3.8) is 0 Å². The Kier molecular flexibility index (Phi) is 3.89. The largest absolute Gasteiger partial charge is 0.486 e. The number of aryl methyl sites for hydroxylation is 4. The Hall–Kier alpha value is -1.83. The molecule has 0 amide bonds. The van der Waals surface area contributed by atoms with Crippen LogP contribution in [0.15, 0.2) is 30.3 Å². The van der Waals surface area contributed by atoms with Crippen molar-refractivity contribution in [3.8, 4) is 5.75 Å². The van der Waals surface area contributed by atoms with Crippen LogP contribution in [0.4, 0.5) is 4.39 Å². The first kappa shape index (κ1) is 13.6. The minimum absolute atomic E-state index is 0.312. The molecule has 1 nitrogen and oxygen atoms in total. The normalized spacial score (nSPS) is 10.6. The summed E-state index contributed by atoms with van der Waals surface area (Å²) in [6.07, 6.45) is 0. The molecule has 0 atom stereocenters. The first-order valence-electron chi connectivity index (χ1n) is 6.43. The highest BCUT2D eigenvalue weighted by atomic mass is 19.1. The van der Waals surface area contributed by atoms with E-state index in [0.29, 0.717) is 12.4 Å². The molecule has 0 saturated heterocycles. The van der Waals surface area contributed by atoms with Gasteiger partial charge in [-0.15, -0.1) is 0 Å². The predicted molar refractivity (Wildman–Crippen MR) is 76.1 cm³/mol. The van der Waals surface area contributed by atoms with Crippen molar-refractivity contribution >= 4 is 0 Å². The minimum atomic E-state index is -0.312. The van der Waals surface area contributed by atoms with Crippen molar-refractivity contribution in [2.75, 3.05) is 0 Å². The molecule has 0 radical (unpaired) electrons. The van der Waals surface area contributed by atoms with Crippen molar-refractivity contribution in [2.45, 2.75) is 34.3 Å². The summed E-state index contributed by atoms with van der Waals surface area (Å²) in [6, 6.07) is 9.16. The van der Waals surface area contributed by atoms with Gasteiger partial charge >= 0.3 is 0 Å². The molecule has 19 heavy (non-hydrogen) atoms. The van der Waals surface area contributed by atoms with Gasteiger partial charge in [0.1, 0.15) is 6.61 Å². The zero-order valence-corrected chi connectivity index (χ0v) is 11.9. The van der Waals surface area contributed by atoms with E-state index in [9.17, 15) is 4.39 Å². The van der Waals surface area contributed by atoms with Crippen molar-refractivity contribution in [2.24, 2.45) is 0 Å². The van der Waals surface area contributed by atoms with Gasteiger partial charge < -0.3 is 4.74 Å². The molecule has 2 heteroatoms. The van der Waals surface area contributed by atoms with Crippen molar-refractivity contribution in [1.29, 1.82) is 0 Å². The molecule has 0 bridgehead atoms. The maximum absolute atomic E-state index is 13.6. The average molecular weight is 258 g/mol.